The van der Waals surface area contributed by atoms with Gasteiger partial charge in [0.1, 0.15) is 5.78 Å². The van der Waals surface area contributed by atoms with E-state index in [1.54, 1.807) is 0 Å². The molecule has 0 atom stereocenters. The van der Waals surface area contributed by atoms with Crippen molar-refractivity contribution in [3.63, 3.8) is 0 Å². The lowest BCUT2D eigenvalue weighted by atomic mass is 9.87. The molecule has 0 amide bonds. The van der Waals surface area contributed by atoms with E-state index in [9.17, 15) is 4.79 Å². The van der Waals surface area contributed by atoms with Gasteiger partial charge in [-0.15, -0.1) is 0 Å². The molecular weight excluding hydrogens is 192 g/mol. The molecule has 1 nitrogen and oxygen atoms in total. The Balaban J connectivity index is 2.13. The smallest absolute Gasteiger partial charge is 0.145 e. The van der Waals surface area contributed by atoms with E-state index < -0.39 is 0 Å². The highest BCUT2D eigenvalue weighted by Gasteiger charge is 2.20. The topological polar surface area (TPSA) is 17.1 Å². The molecule has 1 aliphatic rings. The summed E-state index contributed by atoms with van der Waals surface area (Å²) in [6, 6.07) is 0. The van der Waals surface area contributed by atoms with Gasteiger partial charge < -0.3 is 0 Å². The summed E-state index contributed by atoms with van der Waals surface area (Å²) in [5, 5.41) is 0. The number of thioether (sulfide) groups is 1. The molecule has 1 fully saturated rings. The van der Waals surface area contributed by atoms with Crippen LogP contribution in [0.25, 0.3) is 0 Å². The average Bonchev–Trinajstić information content (AvgIpc) is 2.18. The summed E-state index contributed by atoms with van der Waals surface area (Å²) in [7, 11) is 0. The second-order valence-electron chi connectivity index (χ2n) is 4.71. The summed E-state index contributed by atoms with van der Waals surface area (Å²) in [4.78, 5) is 11.8. The average molecular weight is 214 g/mol. The Hall–Kier alpha value is 0.0200. The molecule has 0 N–H and O–H groups in total. The molecule has 0 unspecified atom stereocenters. The summed E-state index contributed by atoms with van der Waals surface area (Å²) < 4.78 is 0. The maximum atomic E-state index is 11.8. The van der Waals surface area contributed by atoms with Gasteiger partial charge in [0, 0.05) is 5.92 Å². The molecule has 14 heavy (non-hydrogen) atoms. The number of hydrogen-bond donors (Lipinski definition) is 0. The molecular formula is C12H22OS. The van der Waals surface area contributed by atoms with Gasteiger partial charge in [-0.05, 0) is 24.5 Å². The van der Waals surface area contributed by atoms with Crippen molar-refractivity contribution in [2.75, 3.05) is 11.5 Å². The Morgan fingerprint density at radius 2 is 1.93 bits per heavy atom. The van der Waals surface area contributed by atoms with E-state index in [0.717, 1.165) is 24.3 Å². The van der Waals surface area contributed by atoms with Crippen LogP contribution < -0.4 is 0 Å². The van der Waals surface area contributed by atoms with Crippen molar-refractivity contribution in [3.05, 3.63) is 0 Å². The zero-order valence-electron chi connectivity index (χ0n) is 9.42. The van der Waals surface area contributed by atoms with Crippen LogP contribution in [-0.4, -0.2) is 17.3 Å². The molecule has 1 saturated carbocycles. The van der Waals surface area contributed by atoms with Gasteiger partial charge in [-0.2, -0.15) is 11.8 Å². The predicted octanol–water partition coefficient (Wildman–Crippen LogP) is 3.53. The van der Waals surface area contributed by atoms with Crippen molar-refractivity contribution < 1.29 is 4.79 Å². The van der Waals surface area contributed by atoms with Crippen molar-refractivity contribution in [2.24, 2.45) is 11.8 Å². The Morgan fingerprint density at radius 3 is 2.50 bits per heavy atom. The highest BCUT2D eigenvalue weighted by Crippen LogP contribution is 2.25. The lowest BCUT2D eigenvalue weighted by Crippen LogP contribution is -2.19. The normalized spacial score (nSPS) is 18.8. The van der Waals surface area contributed by atoms with Crippen LogP contribution in [0, 0.1) is 11.8 Å². The zero-order chi connectivity index (χ0) is 10.4. The molecule has 0 aromatic rings. The first-order valence-corrected chi connectivity index (χ1v) is 6.96. The van der Waals surface area contributed by atoms with E-state index in [0.29, 0.717) is 17.6 Å². The third-order valence-corrected chi connectivity index (χ3v) is 4.15. The molecule has 0 spiro atoms. The largest absolute Gasteiger partial charge is 0.298 e. The fraction of sp³-hybridized carbons (Fsp3) is 0.917. The maximum absolute atomic E-state index is 11.8. The number of rotatable bonds is 5. The Bertz CT molecular complexity index is 171. The van der Waals surface area contributed by atoms with Gasteiger partial charge in [0.05, 0.1) is 5.75 Å². The predicted molar refractivity (Wildman–Crippen MR) is 63.7 cm³/mol. The fourth-order valence-electron chi connectivity index (χ4n) is 1.94. The first-order chi connectivity index (χ1) is 6.70. The van der Waals surface area contributed by atoms with Crippen LogP contribution in [0.5, 0.6) is 0 Å². The minimum Gasteiger partial charge on any atom is -0.298 e. The van der Waals surface area contributed by atoms with Crippen molar-refractivity contribution >= 4 is 17.5 Å². The number of carbonyl (C=O) groups is 1. The van der Waals surface area contributed by atoms with Crippen LogP contribution in [0.2, 0.25) is 0 Å². The van der Waals surface area contributed by atoms with Gasteiger partial charge >= 0.3 is 0 Å². The molecule has 0 bridgehead atoms. The molecule has 82 valence electrons. The van der Waals surface area contributed by atoms with Gasteiger partial charge in [-0.25, -0.2) is 0 Å². The van der Waals surface area contributed by atoms with E-state index in [-0.39, 0.29) is 0 Å². The second-order valence-corrected chi connectivity index (χ2v) is 5.74. The second kappa shape index (κ2) is 6.49. The van der Waals surface area contributed by atoms with E-state index in [4.69, 9.17) is 0 Å². The maximum Gasteiger partial charge on any atom is 0.145 e. The van der Waals surface area contributed by atoms with Crippen molar-refractivity contribution in [1.82, 2.24) is 0 Å². The van der Waals surface area contributed by atoms with E-state index in [1.807, 2.05) is 11.8 Å². The van der Waals surface area contributed by atoms with Crippen LogP contribution in [0.1, 0.15) is 46.0 Å². The number of carbonyl (C=O) groups excluding carboxylic acids is 1. The third-order valence-electron chi connectivity index (χ3n) is 2.76. The SMILES string of the molecule is CC(C)CSCC(=O)C1CCCCC1. The van der Waals surface area contributed by atoms with E-state index in [1.165, 1.54) is 19.3 Å². The number of Topliss-reactive ketones (excluding diaryl/α,β-unsaturated/α-hetero) is 1. The molecule has 0 heterocycles. The first-order valence-electron chi connectivity index (χ1n) is 5.80. The van der Waals surface area contributed by atoms with Gasteiger partial charge in [-0.1, -0.05) is 33.1 Å². The van der Waals surface area contributed by atoms with Crippen LogP contribution in [-0.2, 0) is 4.79 Å². The summed E-state index contributed by atoms with van der Waals surface area (Å²) in [6.07, 6.45) is 6.18. The molecule has 0 aromatic heterocycles. The molecule has 2 heteroatoms. The minimum atomic E-state index is 0.406. The van der Waals surface area contributed by atoms with Crippen LogP contribution in [0.15, 0.2) is 0 Å². The van der Waals surface area contributed by atoms with E-state index in [2.05, 4.69) is 13.8 Å². The fourth-order valence-corrected chi connectivity index (χ4v) is 2.96. The van der Waals surface area contributed by atoms with Crippen LogP contribution >= 0.6 is 11.8 Å². The molecule has 0 aromatic carbocycles. The molecule has 0 aliphatic heterocycles. The quantitative estimate of drug-likeness (QED) is 0.696. The number of ketones is 1. The number of hydrogen-bond acceptors (Lipinski definition) is 2. The Kier molecular flexibility index (Phi) is 5.61. The highest BCUT2D eigenvalue weighted by molar-refractivity contribution is 7.99. The van der Waals surface area contributed by atoms with Gasteiger partial charge in [0.2, 0.25) is 0 Å². The standard InChI is InChI=1S/C12H22OS/c1-10(2)8-14-9-12(13)11-6-4-3-5-7-11/h10-11H,3-9H2,1-2H3. The van der Waals surface area contributed by atoms with Gasteiger partial charge in [0.25, 0.3) is 0 Å². The van der Waals surface area contributed by atoms with Crippen LogP contribution in [0.4, 0.5) is 0 Å². The van der Waals surface area contributed by atoms with Gasteiger partial charge in [0.15, 0.2) is 0 Å². The van der Waals surface area contributed by atoms with Crippen molar-refractivity contribution in [3.8, 4) is 0 Å². The zero-order valence-corrected chi connectivity index (χ0v) is 10.2. The monoisotopic (exact) mass is 214 g/mol. The third kappa shape index (κ3) is 4.50. The summed E-state index contributed by atoms with van der Waals surface area (Å²) in [5.41, 5.74) is 0. The molecule has 1 rings (SSSR count). The molecule has 0 radical (unpaired) electrons. The molecule has 1 aliphatic carbocycles. The summed E-state index contributed by atoms with van der Waals surface area (Å²) in [5.74, 6) is 3.50. The highest BCUT2D eigenvalue weighted by atomic mass is 32.2. The summed E-state index contributed by atoms with van der Waals surface area (Å²) in [6.45, 7) is 4.41. The lowest BCUT2D eigenvalue weighted by molar-refractivity contribution is -0.121. The Labute approximate surface area is 92.0 Å². The summed E-state index contributed by atoms with van der Waals surface area (Å²) >= 11 is 1.81. The van der Waals surface area contributed by atoms with Gasteiger partial charge in [-0.3, -0.25) is 4.79 Å². The Morgan fingerprint density at radius 1 is 1.29 bits per heavy atom. The first kappa shape index (κ1) is 12.1. The molecule has 0 saturated heterocycles. The lowest BCUT2D eigenvalue weighted by Gasteiger charge is -2.20. The van der Waals surface area contributed by atoms with E-state index >= 15 is 0 Å². The van der Waals surface area contributed by atoms with Crippen molar-refractivity contribution in [2.45, 2.75) is 46.0 Å². The van der Waals surface area contributed by atoms with Crippen LogP contribution in [0.3, 0.4) is 0 Å². The minimum absolute atomic E-state index is 0.406. The van der Waals surface area contributed by atoms with Crippen molar-refractivity contribution in [1.29, 1.82) is 0 Å².